The molecule has 3 nitrogen and oxygen atoms in total. The highest BCUT2D eigenvalue weighted by atomic mass is 32.2. The van der Waals surface area contributed by atoms with Crippen LogP contribution in [0.3, 0.4) is 0 Å². The van der Waals surface area contributed by atoms with E-state index < -0.39 is 0 Å². The molecule has 0 spiro atoms. The minimum absolute atomic E-state index is 0.196. The monoisotopic (exact) mass is 247 g/mol. The third-order valence-electron chi connectivity index (χ3n) is 2.23. The second-order valence-corrected chi connectivity index (χ2v) is 6.95. The third kappa shape index (κ3) is 2.88. The minimum atomic E-state index is 0.196. The lowest BCUT2D eigenvalue weighted by Crippen LogP contribution is -2.06. The van der Waals surface area contributed by atoms with Crippen molar-refractivity contribution in [1.82, 2.24) is 9.97 Å². The number of thioether (sulfide) groups is 1. The van der Waals surface area contributed by atoms with Crippen LogP contribution in [-0.4, -0.2) is 14.7 Å². The van der Waals surface area contributed by atoms with Crippen LogP contribution in [0.1, 0.15) is 26.6 Å². The molecule has 17 heavy (non-hydrogen) atoms. The van der Waals surface area contributed by atoms with Gasteiger partial charge in [0, 0.05) is 15.0 Å². The first-order valence-electron chi connectivity index (χ1n) is 5.58. The number of hydrogen-bond donors (Lipinski definition) is 1. The number of nitrogens with two attached hydrogens (primary N) is 1. The Kier molecular flexibility index (Phi) is 3.00. The summed E-state index contributed by atoms with van der Waals surface area (Å²) in [6.45, 7) is 8.45. The molecule has 0 bridgehead atoms. The number of nitrogen functional groups attached to an aromatic ring is 1. The van der Waals surface area contributed by atoms with Crippen molar-refractivity contribution in [2.24, 2.45) is 0 Å². The van der Waals surface area contributed by atoms with E-state index in [1.54, 1.807) is 0 Å². The molecule has 2 rings (SSSR count). The zero-order valence-electron chi connectivity index (χ0n) is 10.6. The smallest absolute Gasteiger partial charge is 0.135 e. The summed E-state index contributed by atoms with van der Waals surface area (Å²) in [6.07, 6.45) is 0. The lowest BCUT2D eigenvalue weighted by Gasteiger charge is -2.17. The van der Waals surface area contributed by atoms with Crippen molar-refractivity contribution in [1.29, 1.82) is 0 Å². The number of aryl methyl sites for hydroxylation is 1. The lowest BCUT2D eigenvalue weighted by molar-refractivity contribution is 0.803. The van der Waals surface area contributed by atoms with E-state index in [-0.39, 0.29) is 4.75 Å². The van der Waals surface area contributed by atoms with E-state index in [1.165, 1.54) is 4.90 Å². The zero-order chi connectivity index (χ0) is 12.6. The van der Waals surface area contributed by atoms with Crippen LogP contribution in [0.15, 0.2) is 23.1 Å². The Morgan fingerprint density at radius 3 is 2.53 bits per heavy atom. The van der Waals surface area contributed by atoms with E-state index in [4.69, 9.17) is 5.73 Å². The standard InChI is InChI=1S/C13H17N3S/c1-8-15-11-7-9(17-13(2,3)4)5-6-10(11)12(14)16-8/h5-7H,1-4H3,(H2,14,15,16). The maximum Gasteiger partial charge on any atom is 0.135 e. The van der Waals surface area contributed by atoms with Gasteiger partial charge in [-0.25, -0.2) is 9.97 Å². The molecule has 0 saturated carbocycles. The van der Waals surface area contributed by atoms with Crippen molar-refractivity contribution >= 4 is 28.5 Å². The average molecular weight is 247 g/mol. The summed E-state index contributed by atoms with van der Waals surface area (Å²) in [7, 11) is 0. The van der Waals surface area contributed by atoms with Crippen LogP contribution in [0.5, 0.6) is 0 Å². The molecule has 0 fully saturated rings. The van der Waals surface area contributed by atoms with Crippen LogP contribution >= 0.6 is 11.8 Å². The van der Waals surface area contributed by atoms with Crippen molar-refractivity contribution in [3.05, 3.63) is 24.0 Å². The summed E-state index contributed by atoms with van der Waals surface area (Å²) >= 11 is 1.83. The number of aromatic nitrogens is 2. The van der Waals surface area contributed by atoms with Crippen molar-refractivity contribution < 1.29 is 0 Å². The summed E-state index contributed by atoms with van der Waals surface area (Å²) < 4.78 is 0.196. The van der Waals surface area contributed by atoms with Gasteiger partial charge in [-0.2, -0.15) is 0 Å². The number of benzene rings is 1. The van der Waals surface area contributed by atoms with E-state index in [0.29, 0.717) is 11.6 Å². The Bertz CT molecular complexity index is 558. The first kappa shape index (κ1) is 12.2. The molecule has 0 aliphatic rings. The first-order valence-corrected chi connectivity index (χ1v) is 6.40. The molecular weight excluding hydrogens is 230 g/mol. The van der Waals surface area contributed by atoms with E-state index in [9.17, 15) is 0 Å². The quantitative estimate of drug-likeness (QED) is 0.785. The molecule has 0 atom stereocenters. The van der Waals surface area contributed by atoms with Crippen LogP contribution in [0.2, 0.25) is 0 Å². The molecule has 1 aromatic heterocycles. The van der Waals surface area contributed by atoms with Gasteiger partial charge in [-0.3, -0.25) is 0 Å². The predicted octanol–water partition coefficient (Wildman–Crippen LogP) is 3.41. The van der Waals surface area contributed by atoms with Gasteiger partial charge in [0.25, 0.3) is 0 Å². The second kappa shape index (κ2) is 4.18. The Morgan fingerprint density at radius 1 is 1.18 bits per heavy atom. The Balaban J connectivity index is 2.50. The molecule has 0 unspecified atom stereocenters. The predicted molar refractivity (Wildman–Crippen MR) is 74.3 cm³/mol. The highest BCUT2D eigenvalue weighted by Crippen LogP contribution is 2.33. The molecular formula is C13H17N3S. The Morgan fingerprint density at radius 2 is 1.88 bits per heavy atom. The summed E-state index contributed by atoms with van der Waals surface area (Å²) in [4.78, 5) is 9.80. The molecule has 4 heteroatoms. The zero-order valence-corrected chi connectivity index (χ0v) is 11.4. The van der Waals surface area contributed by atoms with Crippen LogP contribution < -0.4 is 5.73 Å². The SMILES string of the molecule is Cc1nc(N)c2ccc(SC(C)(C)C)cc2n1. The highest BCUT2D eigenvalue weighted by molar-refractivity contribution is 8.00. The average Bonchev–Trinajstić information content (AvgIpc) is 2.13. The van der Waals surface area contributed by atoms with E-state index in [1.807, 2.05) is 24.8 Å². The summed E-state index contributed by atoms with van der Waals surface area (Å²) in [5, 5.41) is 0.925. The van der Waals surface area contributed by atoms with Crippen molar-refractivity contribution in [3.8, 4) is 0 Å². The van der Waals surface area contributed by atoms with E-state index in [0.717, 1.165) is 10.9 Å². The van der Waals surface area contributed by atoms with Gasteiger partial charge in [0.2, 0.25) is 0 Å². The van der Waals surface area contributed by atoms with E-state index in [2.05, 4.69) is 42.9 Å². The van der Waals surface area contributed by atoms with Gasteiger partial charge < -0.3 is 5.73 Å². The fourth-order valence-electron chi connectivity index (χ4n) is 1.67. The normalized spacial score (nSPS) is 12.0. The number of rotatable bonds is 1. The molecule has 0 aliphatic heterocycles. The highest BCUT2D eigenvalue weighted by Gasteiger charge is 2.13. The van der Waals surface area contributed by atoms with Gasteiger partial charge in [0.05, 0.1) is 5.52 Å². The van der Waals surface area contributed by atoms with Gasteiger partial charge >= 0.3 is 0 Å². The largest absolute Gasteiger partial charge is 0.383 e. The molecule has 1 aromatic carbocycles. The molecule has 0 radical (unpaired) electrons. The number of hydrogen-bond acceptors (Lipinski definition) is 4. The fraction of sp³-hybridized carbons (Fsp3) is 0.385. The minimum Gasteiger partial charge on any atom is -0.383 e. The Labute approximate surface area is 106 Å². The van der Waals surface area contributed by atoms with Gasteiger partial charge in [0.1, 0.15) is 11.6 Å². The third-order valence-corrected chi connectivity index (χ3v) is 3.34. The number of anilines is 1. The first-order chi connectivity index (χ1) is 7.85. The summed E-state index contributed by atoms with van der Waals surface area (Å²) in [5.41, 5.74) is 6.80. The van der Waals surface area contributed by atoms with Crippen molar-refractivity contribution in [3.63, 3.8) is 0 Å². The molecule has 0 aliphatic carbocycles. The van der Waals surface area contributed by atoms with Crippen molar-refractivity contribution in [2.45, 2.75) is 37.3 Å². The molecule has 1 heterocycles. The van der Waals surface area contributed by atoms with Gasteiger partial charge in [-0.05, 0) is 25.1 Å². The number of nitrogens with zero attached hydrogens (tertiary/aromatic N) is 2. The van der Waals surface area contributed by atoms with Gasteiger partial charge in [-0.1, -0.05) is 20.8 Å². The van der Waals surface area contributed by atoms with Gasteiger partial charge in [0.15, 0.2) is 0 Å². The van der Waals surface area contributed by atoms with Crippen LogP contribution in [-0.2, 0) is 0 Å². The maximum atomic E-state index is 5.88. The number of fused-ring (bicyclic) bond motifs is 1. The van der Waals surface area contributed by atoms with Crippen LogP contribution in [0.25, 0.3) is 10.9 Å². The molecule has 0 amide bonds. The lowest BCUT2D eigenvalue weighted by atomic mass is 10.2. The molecule has 0 saturated heterocycles. The fourth-order valence-corrected chi connectivity index (χ4v) is 2.69. The van der Waals surface area contributed by atoms with Crippen LogP contribution in [0, 0.1) is 6.92 Å². The van der Waals surface area contributed by atoms with Crippen molar-refractivity contribution in [2.75, 3.05) is 5.73 Å². The van der Waals surface area contributed by atoms with E-state index >= 15 is 0 Å². The molecule has 2 N–H and O–H groups in total. The second-order valence-electron chi connectivity index (χ2n) is 5.05. The molecule has 90 valence electrons. The Hall–Kier alpha value is -1.29. The summed E-state index contributed by atoms with van der Waals surface area (Å²) in [6, 6.07) is 6.15. The topological polar surface area (TPSA) is 51.8 Å². The van der Waals surface area contributed by atoms with Gasteiger partial charge in [-0.15, -0.1) is 11.8 Å². The molecule has 2 aromatic rings. The summed E-state index contributed by atoms with van der Waals surface area (Å²) in [5.74, 6) is 1.27. The maximum absolute atomic E-state index is 5.88. The van der Waals surface area contributed by atoms with Crippen LogP contribution in [0.4, 0.5) is 5.82 Å².